The molecule has 0 radical (unpaired) electrons. The van der Waals surface area contributed by atoms with Gasteiger partial charge < -0.3 is 20.5 Å². The second-order valence-corrected chi connectivity index (χ2v) is 5.45. The van der Waals surface area contributed by atoms with Crippen LogP contribution in [0.1, 0.15) is 18.4 Å². The van der Waals surface area contributed by atoms with Gasteiger partial charge in [0, 0.05) is 6.54 Å². The van der Waals surface area contributed by atoms with E-state index in [-0.39, 0.29) is 29.9 Å². The highest BCUT2D eigenvalue weighted by Gasteiger charge is 2.31. The van der Waals surface area contributed by atoms with E-state index in [1.165, 1.54) is 12.1 Å². The number of anilines is 1. The van der Waals surface area contributed by atoms with Crippen molar-refractivity contribution in [3.05, 3.63) is 23.8 Å². The molecule has 0 aliphatic carbocycles. The number of rotatable bonds is 5. The number of halogens is 4. The van der Waals surface area contributed by atoms with Gasteiger partial charge in [-0.3, -0.25) is 4.79 Å². The Morgan fingerprint density at radius 1 is 1.42 bits per heavy atom. The summed E-state index contributed by atoms with van der Waals surface area (Å²) in [5.74, 6) is -0.439. The fraction of sp³-hybridized carbons (Fsp3) is 0.533. The second-order valence-electron chi connectivity index (χ2n) is 5.45. The van der Waals surface area contributed by atoms with E-state index in [0.717, 1.165) is 5.56 Å². The van der Waals surface area contributed by atoms with Crippen LogP contribution in [-0.4, -0.2) is 37.4 Å². The number of alkyl halides is 3. The number of nitrogens with one attached hydrogen (secondary N) is 1. The van der Waals surface area contributed by atoms with E-state index in [1.54, 1.807) is 13.0 Å². The molecule has 1 aromatic carbocycles. The molecule has 1 amide bonds. The number of ether oxygens (including phenoxy) is 2. The Hall–Kier alpha value is -1.51. The first-order valence-electron chi connectivity index (χ1n) is 7.25. The molecule has 1 aromatic rings. The van der Waals surface area contributed by atoms with E-state index < -0.39 is 24.8 Å². The summed E-state index contributed by atoms with van der Waals surface area (Å²) in [7, 11) is 0. The Morgan fingerprint density at radius 2 is 2.12 bits per heavy atom. The van der Waals surface area contributed by atoms with Gasteiger partial charge in [-0.2, -0.15) is 13.2 Å². The number of hydrogen-bond donors (Lipinski definition) is 2. The molecule has 0 aromatic heterocycles. The summed E-state index contributed by atoms with van der Waals surface area (Å²) < 4.78 is 47.2. The van der Waals surface area contributed by atoms with Gasteiger partial charge in [0.1, 0.15) is 11.9 Å². The van der Waals surface area contributed by atoms with Gasteiger partial charge in [-0.05, 0) is 37.5 Å². The van der Waals surface area contributed by atoms with Crippen LogP contribution < -0.4 is 15.8 Å². The molecular formula is C15H20ClF3N2O3. The van der Waals surface area contributed by atoms with Gasteiger partial charge in [0.15, 0.2) is 6.61 Å². The molecule has 1 heterocycles. The SMILES string of the molecule is Cc1ccc(NC(=O)[C@@H]2CC[C@H](CN)O2)c(OCC(F)(F)F)c1.Cl. The molecule has 9 heteroatoms. The highest BCUT2D eigenvalue weighted by molar-refractivity contribution is 5.95. The first-order chi connectivity index (χ1) is 10.8. The van der Waals surface area contributed by atoms with Crippen LogP contribution >= 0.6 is 12.4 Å². The molecule has 1 fully saturated rings. The molecule has 0 saturated carbocycles. The molecule has 1 aliphatic heterocycles. The van der Waals surface area contributed by atoms with Crippen molar-refractivity contribution in [3.63, 3.8) is 0 Å². The lowest BCUT2D eigenvalue weighted by atomic mass is 10.1. The van der Waals surface area contributed by atoms with Gasteiger partial charge in [-0.1, -0.05) is 6.07 Å². The smallest absolute Gasteiger partial charge is 0.422 e. The van der Waals surface area contributed by atoms with Gasteiger partial charge in [0.05, 0.1) is 11.8 Å². The van der Waals surface area contributed by atoms with Gasteiger partial charge in [-0.25, -0.2) is 0 Å². The molecule has 3 N–H and O–H groups in total. The van der Waals surface area contributed by atoms with Crippen LogP contribution in [-0.2, 0) is 9.53 Å². The fourth-order valence-electron chi connectivity index (χ4n) is 2.30. The van der Waals surface area contributed by atoms with Crippen molar-refractivity contribution in [3.8, 4) is 5.75 Å². The van der Waals surface area contributed by atoms with Crippen LogP contribution in [0.15, 0.2) is 18.2 Å². The number of hydrogen-bond acceptors (Lipinski definition) is 4. The maximum Gasteiger partial charge on any atom is 0.422 e. The molecule has 2 rings (SSSR count). The highest BCUT2D eigenvalue weighted by Crippen LogP contribution is 2.29. The zero-order valence-corrected chi connectivity index (χ0v) is 13.9. The molecule has 24 heavy (non-hydrogen) atoms. The van der Waals surface area contributed by atoms with E-state index in [1.807, 2.05) is 0 Å². The topological polar surface area (TPSA) is 73.6 Å². The summed E-state index contributed by atoms with van der Waals surface area (Å²) in [5, 5.41) is 2.56. The number of amides is 1. The molecular weight excluding hydrogens is 349 g/mol. The molecule has 0 bridgehead atoms. The lowest BCUT2D eigenvalue weighted by Gasteiger charge is -2.17. The Morgan fingerprint density at radius 3 is 2.71 bits per heavy atom. The first kappa shape index (κ1) is 20.5. The van der Waals surface area contributed by atoms with Crippen LogP contribution in [0.3, 0.4) is 0 Å². The predicted octanol–water partition coefficient (Wildman–Crippen LogP) is 2.80. The van der Waals surface area contributed by atoms with Gasteiger partial charge >= 0.3 is 6.18 Å². The van der Waals surface area contributed by atoms with Crippen molar-refractivity contribution in [2.24, 2.45) is 5.73 Å². The van der Waals surface area contributed by atoms with Crippen molar-refractivity contribution >= 4 is 24.0 Å². The van der Waals surface area contributed by atoms with Crippen molar-refractivity contribution in [2.75, 3.05) is 18.5 Å². The molecule has 0 unspecified atom stereocenters. The van der Waals surface area contributed by atoms with E-state index in [2.05, 4.69) is 5.32 Å². The van der Waals surface area contributed by atoms with Crippen molar-refractivity contribution < 1.29 is 27.4 Å². The maximum atomic E-state index is 12.3. The number of aryl methyl sites for hydroxylation is 1. The average molecular weight is 369 g/mol. The van der Waals surface area contributed by atoms with Crippen LogP contribution in [0.25, 0.3) is 0 Å². The Bertz CT molecular complexity index is 569. The Kier molecular flexibility index (Phi) is 7.31. The number of benzene rings is 1. The van der Waals surface area contributed by atoms with E-state index in [0.29, 0.717) is 19.4 Å². The average Bonchev–Trinajstić information content (AvgIpc) is 2.95. The lowest BCUT2D eigenvalue weighted by Crippen LogP contribution is -2.30. The van der Waals surface area contributed by atoms with Gasteiger partial charge in [-0.15, -0.1) is 12.4 Å². The van der Waals surface area contributed by atoms with Crippen molar-refractivity contribution in [1.29, 1.82) is 0 Å². The summed E-state index contributed by atoms with van der Waals surface area (Å²) in [6, 6.07) is 4.63. The summed E-state index contributed by atoms with van der Waals surface area (Å²) in [6.45, 7) is 0.626. The minimum Gasteiger partial charge on any atom is -0.482 e. The maximum absolute atomic E-state index is 12.3. The number of nitrogens with two attached hydrogens (primary N) is 1. The summed E-state index contributed by atoms with van der Waals surface area (Å²) in [5.41, 5.74) is 6.39. The quantitative estimate of drug-likeness (QED) is 0.838. The first-order valence-corrected chi connectivity index (χ1v) is 7.25. The van der Waals surface area contributed by atoms with Crippen LogP contribution in [0, 0.1) is 6.92 Å². The monoisotopic (exact) mass is 368 g/mol. The predicted molar refractivity (Wildman–Crippen MR) is 85.6 cm³/mol. The number of carbonyl (C=O) groups is 1. The molecule has 2 atom stereocenters. The highest BCUT2D eigenvalue weighted by atomic mass is 35.5. The normalized spacial score (nSPS) is 20.4. The minimum atomic E-state index is -4.45. The third-order valence-corrected chi connectivity index (χ3v) is 3.45. The zero-order valence-electron chi connectivity index (χ0n) is 13.1. The lowest BCUT2D eigenvalue weighted by molar-refractivity contribution is -0.153. The summed E-state index contributed by atoms with van der Waals surface area (Å²) in [4.78, 5) is 12.2. The van der Waals surface area contributed by atoms with Crippen LogP contribution in [0.2, 0.25) is 0 Å². The van der Waals surface area contributed by atoms with Gasteiger partial charge in [0.2, 0.25) is 0 Å². The summed E-state index contributed by atoms with van der Waals surface area (Å²) >= 11 is 0. The van der Waals surface area contributed by atoms with Gasteiger partial charge in [0.25, 0.3) is 5.91 Å². The molecule has 1 aliphatic rings. The van der Waals surface area contributed by atoms with Crippen molar-refractivity contribution in [2.45, 2.75) is 38.1 Å². The second kappa shape index (κ2) is 8.55. The minimum absolute atomic E-state index is 0. The molecule has 136 valence electrons. The van der Waals surface area contributed by atoms with Crippen LogP contribution in [0.5, 0.6) is 5.75 Å². The van der Waals surface area contributed by atoms with E-state index in [4.69, 9.17) is 15.2 Å². The zero-order chi connectivity index (χ0) is 17.0. The fourth-order valence-corrected chi connectivity index (χ4v) is 2.30. The largest absolute Gasteiger partial charge is 0.482 e. The Labute approximate surface area is 144 Å². The third kappa shape index (κ3) is 5.85. The van der Waals surface area contributed by atoms with Crippen molar-refractivity contribution in [1.82, 2.24) is 0 Å². The van der Waals surface area contributed by atoms with E-state index in [9.17, 15) is 18.0 Å². The van der Waals surface area contributed by atoms with Crippen LogP contribution in [0.4, 0.5) is 18.9 Å². The number of carbonyl (C=O) groups excluding carboxylic acids is 1. The molecule has 1 saturated heterocycles. The van der Waals surface area contributed by atoms with E-state index >= 15 is 0 Å². The molecule has 0 spiro atoms. The summed E-state index contributed by atoms with van der Waals surface area (Å²) in [6.07, 6.45) is -4.06. The Balaban J connectivity index is 0.00000288. The third-order valence-electron chi connectivity index (χ3n) is 3.45. The molecule has 5 nitrogen and oxygen atoms in total. The standard InChI is InChI=1S/C15H19F3N2O3.ClH/c1-9-2-4-11(13(6-9)22-8-15(16,17)18)20-14(21)12-5-3-10(7-19)23-12;/h2,4,6,10,12H,3,5,7-8,19H2,1H3,(H,20,21);1H/t10-,12+;/m1./s1.